The second-order valence-corrected chi connectivity index (χ2v) is 3.65. The Morgan fingerprint density at radius 1 is 1.30 bits per heavy atom. The third-order valence-electron chi connectivity index (χ3n) is 1.16. The van der Waals surface area contributed by atoms with Crippen LogP contribution in [0.4, 0.5) is 0 Å². The molecule has 2 heteroatoms. The Morgan fingerprint density at radius 2 is 1.80 bits per heavy atom. The minimum absolute atomic E-state index is 0.765. The van der Waals surface area contributed by atoms with Gasteiger partial charge in [0.2, 0.25) is 0 Å². The second kappa shape index (κ2) is 3.39. The average Bonchev–Trinajstić information content (AvgIpc) is 1.88. The molecule has 0 fully saturated rings. The first-order valence-corrected chi connectivity index (χ1v) is 4.26. The molecule has 0 atom stereocenters. The van der Waals surface area contributed by atoms with Crippen LogP contribution in [0.1, 0.15) is 5.56 Å². The van der Waals surface area contributed by atoms with Crippen molar-refractivity contribution in [2.45, 2.75) is 0 Å². The van der Waals surface area contributed by atoms with Gasteiger partial charge in [-0.1, -0.05) is 30.3 Å². The normalized spacial score (nSPS) is 9.40. The highest BCUT2D eigenvalue weighted by atomic mass is 127. The molecule has 0 radical (unpaired) electrons. The highest BCUT2D eigenvalue weighted by Crippen LogP contribution is 2.20. The molecule has 0 unspecified atom stereocenters. The quantitative estimate of drug-likeness (QED) is 0.678. The highest BCUT2D eigenvalue weighted by Gasteiger charge is 1.92. The predicted octanol–water partition coefficient (Wildman–Crippen LogP) is 3.75. The van der Waals surface area contributed by atoms with Gasteiger partial charge in [-0.25, -0.2) is 0 Å². The van der Waals surface area contributed by atoms with E-state index in [9.17, 15) is 0 Å². The lowest BCUT2D eigenvalue weighted by Gasteiger charge is -1.95. The van der Waals surface area contributed by atoms with Gasteiger partial charge < -0.3 is 0 Å². The molecule has 0 saturated heterocycles. The average molecular weight is 264 g/mol. The van der Waals surface area contributed by atoms with Gasteiger partial charge in [0.15, 0.2) is 0 Å². The van der Waals surface area contributed by atoms with Crippen LogP contribution < -0.4 is 0 Å². The van der Waals surface area contributed by atoms with Gasteiger partial charge in [-0.2, -0.15) is 0 Å². The number of hydrogen-bond donors (Lipinski definition) is 0. The highest BCUT2D eigenvalue weighted by molar-refractivity contribution is 14.1. The zero-order valence-corrected chi connectivity index (χ0v) is 8.19. The molecular formula is C8H6ClI. The van der Waals surface area contributed by atoms with Gasteiger partial charge >= 0.3 is 0 Å². The van der Waals surface area contributed by atoms with Crippen molar-refractivity contribution in [3.63, 3.8) is 0 Å². The Morgan fingerprint density at radius 3 is 2.20 bits per heavy atom. The molecule has 0 aliphatic heterocycles. The summed E-state index contributed by atoms with van der Waals surface area (Å²) in [7, 11) is 0. The van der Waals surface area contributed by atoms with Crippen molar-refractivity contribution in [3.8, 4) is 0 Å². The second-order valence-electron chi connectivity index (χ2n) is 1.91. The lowest BCUT2D eigenvalue weighted by atomic mass is 10.2. The summed E-state index contributed by atoms with van der Waals surface area (Å²) in [4.78, 5) is 0. The number of rotatable bonds is 1. The summed E-state index contributed by atoms with van der Waals surface area (Å²) in [6.07, 6.45) is 0. The van der Waals surface area contributed by atoms with Crippen molar-refractivity contribution >= 4 is 37.8 Å². The van der Waals surface area contributed by atoms with Crippen LogP contribution in [0.3, 0.4) is 0 Å². The largest absolute Gasteiger partial charge is 0.0850 e. The Balaban J connectivity index is 3.00. The van der Waals surface area contributed by atoms with E-state index in [1.807, 2.05) is 24.3 Å². The summed E-state index contributed by atoms with van der Waals surface area (Å²) in [6, 6.07) is 7.63. The van der Waals surface area contributed by atoms with E-state index in [2.05, 4.69) is 29.2 Å². The van der Waals surface area contributed by atoms with E-state index in [0.29, 0.717) is 0 Å². The molecule has 0 aliphatic rings. The smallest absolute Gasteiger partial charge is 0.0406 e. The fourth-order valence-electron chi connectivity index (χ4n) is 0.631. The third-order valence-corrected chi connectivity index (χ3v) is 2.03. The van der Waals surface area contributed by atoms with Gasteiger partial charge in [-0.3, -0.25) is 0 Å². The fourth-order valence-corrected chi connectivity index (χ4v) is 1.12. The van der Waals surface area contributed by atoms with Gasteiger partial charge in [-0.05, 0) is 40.3 Å². The molecule has 1 aromatic carbocycles. The molecule has 0 spiro atoms. The first kappa shape index (κ1) is 8.08. The minimum Gasteiger partial charge on any atom is -0.0850 e. The van der Waals surface area contributed by atoms with E-state index in [4.69, 9.17) is 11.6 Å². The summed E-state index contributed by atoms with van der Waals surface area (Å²) >= 11 is 7.87. The maximum Gasteiger partial charge on any atom is 0.0406 e. The molecule has 0 aromatic heterocycles. The molecule has 0 N–H and O–H groups in total. The summed E-state index contributed by atoms with van der Waals surface area (Å²) in [6.45, 7) is 3.80. The topological polar surface area (TPSA) is 0 Å². The van der Waals surface area contributed by atoms with Gasteiger partial charge in [0.25, 0.3) is 0 Å². The third kappa shape index (κ3) is 1.99. The molecule has 0 bridgehead atoms. The molecule has 52 valence electrons. The Kier molecular flexibility index (Phi) is 2.74. The number of benzene rings is 1. The molecule has 0 nitrogen and oxygen atoms in total. The van der Waals surface area contributed by atoms with Crippen LogP contribution in [0.15, 0.2) is 30.8 Å². The van der Waals surface area contributed by atoms with Crippen LogP contribution in [0.5, 0.6) is 0 Å². The Bertz CT molecular complexity index is 238. The fraction of sp³-hybridized carbons (Fsp3) is 0. The van der Waals surface area contributed by atoms with Crippen LogP contribution in [-0.4, -0.2) is 0 Å². The molecule has 0 aliphatic carbocycles. The number of halogens is 2. The van der Waals surface area contributed by atoms with Gasteiger partial charge in [0, 0.05) is 8.60 Å². The Labute approximate surface area is 79.0 Å². The van der Waals surface area contributed by atoms with Crippen LogP contribution in [0.2, 0.25) is 5.02 Å². The van der Waals surface area contributed by atoms with Crippen LogP contribution in [0, 0.1) is 0 Å². The van der Waals surface area contributed by atoms with E-state index in [-0.39, 0.29) is 0 Å². The lowest BCUT2D eigenvalue weighted by molar-refractivity contribution is 1.66. The molecular weight excluding hydrogens is 258 g/mol. The molecule has 1 rings (SSSR count). The Hall–Kier alpha value is -0.0200. The van der Waals surface area contributed by atoms with Crippen LogP contribution in [0.25, 0.3) is 3.58 Å². The van der Waals surface area contributed by atoms with Crippen molar-refractivity contribution in [2.24, 2.45) is 0 Å². The van der Waals surface area contributed by atoms with E-state index < -0.39 is 0 Å². The summed E-state index contributed by atoms with van der Waals surface area (Å²) in [5.41, 5.74) is 1.13. The first-order valence-electron chi connectivity index (χ1n) is 2.80. The van der Waals surface area contributed by atoms with E-state index in [0.717, 1.165) is 14.2 Å². The molecule has 10 heavy (non-hydrogen) atoms. The summed E-state index contributed by atoms with van der Waals surface area (Å²) in [5.74, 6) is 0. The minimum atomic E-state index is 0.765. The van der Waals surface area contributed by atoms with E-state index >= 15 is 0 Å². The van der Waals surface area contributed by atoms with Crippen molar-refractivity contribution in [2.75, 3.05) is 0 Å². The maximum atomic E-state index is 5.68. The predicted molar refractivity (Wildman–Crippen MR) is 54.5 cm³/mol. The molecule has 0 saturated carbocycles. The zero-order chi connectivity index (χ0) is 7.56. The lowest BCUT2D eigenvalue weighted by Crippen LogP contribution is -1.71. The first-order chi connectivity index (χ1) is 4.70. The number of hydrogen-bond acceptors (Lipinski definition) is 0. The van der Waals surface area contributed by atoms with Crippen LogP contribution in [-0.2, 0) is 0 Å². The van der Waals surface area contributed by atoms with Crippen molar-refractivity contribution in [3.05, 3.63) is 41.4 Å². The standard InChI is InChI=1S/C8H6ClI/c1-6(10)7-2-4-8(9)5-3-7/h2-5H,1H2. The summed E-state index contributed by atoms with van der Waals surface area (Å²) < 4.78 is 1.04. The van der Waals surface area contributed by atoms with E-state index in [1.54, 1.807) is 0 Å². The van der Waals surface area contributed by atoms with E-state index in [1.165, 1.54) is 0 Å². The zero-order valence-electron chi connectivity index (χ0n) is 5.27. The van der Waals surface area contributed by atoms with Gasteiger partial charge in [-0.15, -0.1) is 0 Å². The van der Waals surface area contributed by atoms with Crippen LogP contribution >= 0.6 is 34.2 Å². The van der Waals surface area contributed by atoms with Crippen molar-refractivity contribution in [1.82, 2.24) is 0 Å². The summed E-state index contributed by atoms with van der Waals surface area (Å²) in [5, 5.41) is 0.765. The monoisotopic (exact) mass is 264 g/mol. The van der Waals surface area contributed by atoms with Gasteiger partial charge in [0.05, 0.1) is 0 Å². The van der Waals surface area contributed by atoms with Gasteiger partial charge in [0.1, 0.15) is 0 Å². The molecule has 0 amide bonds. The van der Waals surface area contributed by atoms with Crippen molar-refractivity contribution in [1.29, 1.82) is 0 Å². The van der Waals surface area contributed by atoms with Crippen molar-refractivity contribution < 1.29 is 0 Å². The molecule has 1 aromatic rings. The SMILES string of the molecule is C=C(I)c1ccc(Cl)cc1. The molecule has 0 heterocycles. The maximum absolute atomic E-state index is 5.68.